The molecule has 3 aromatic rings. The highest BCUT2D eigenvalue weighted by atomic mass is 32.2. The Hall–Kier alpha value is -2.80. The fourth-order valence-electron chi connectivity index (χ4n) is 3.56. The lowest BCUT2D eigenvalue weighted by atomic mass is 10.0. The van der Waals surface area contributed by atoms with Crippen LogP contribution in [0.1, 0.15) is 30.5 Å². The Morgan fingerprint density at radius 1 is 1.21 bits per heavy atom. The molecule has 0 bridgehead atoms. The third-order valence-corrected chi connectivity index (χ3v) is 6.01. The molecule has 6 nitrogen and oxygen atoms in total. The Bertz CT molecular complexity index is 1020. The molecule has 1 aromatic heterocycles. The number of carbonyl (C=O) groups excluding carboxylic acids is 1. The Kier molecular flexibility index (Phi) is 5.85. The predicted octanol–water partition coefficient (Wildman–Crippen LogP) is 4.01. The van der Waals surface area contributed by atoms with Crippen LogP contribution in [-0.2, 0) is 11.3 Å². The summed E-state index contributed by atoms with van der Waals surface area (Å²) in [6, 6.07) is 16.0. The molecule has 0 spiro atoms. The lowest BCUT2D eigenvalue weighted by molar-refractivity contribution is -0.119. The van der Waals surface area contributed by atoms with Gasteiger partial charge in [-0.3, -0.25) is 4.79 Å². The average Bonchev–Trinajstić information content (AvgIpc) is 3.15. The number of nitrogens with one attached hydrogen (secondary N) is 1. The largest absolute Gasteiger partial charge is 0.493 e. The predicted molar refractivity (Wildman–Crippen MR) is 114 cm³/mol. The lowest BCUT2D eigenvalue weighted by Gasteiger charge is -2.26. The number of hydrogen-bond donors (Lipinski definition) is 1. The van der Waals surface area contributed by atoms with Gasteiger partial charge < -0.3 is 14.6 Å². The van der Waals surface area contributed by atoms with Crippen molar-refractivity contribution in [2.75, 3.05) is 12.4 Å². The molecule has 1 aliphatic heterocycles. The maximum atomic E-state index is 12.6. The van der Waals surface area contributed by atoms with Crippen molar-refractivity contribution in [2.45, 2.75) is 38.0 Å². The van der Waals surface area contributed by atoms with Crippen LogP contribution in [0.5, 0.6) is 5.75 Å². The third kappa shape index (κ3) is 4.15. The maximum absolute atomic E-state index is 12.6. The number of thioether (sulfide) groups is 1. The molecule has 0 saturated heterocycles. The minimum atomic E-state index is -0.0142. The van der Waals surface area contributed by atoms with Gasteiger partial charge in [-0.05, 0) is 25.5 Å². The van der Waals surface area contributed by atoms with Crippen LogP contribution >= 0.6 is 11.8 Å². The van der Waals surface area contributed by atoms with E-state index in [0.29, 0.717) is 12.4 Å². The second-order valence-electron chi connectivity index (χ2n) is 6.95. The van der Waals surface area contributed by atoms with Gasteiger partial charge in [0.15, 0.2) is 11.0 Å². The van der Waals surface area contributed by atoms with Crippen molar-refractivity contribution < 1.29 is 9.53 Å². The van der Waals surface area contributed by atoms with Crippen LogP contribution in [0.15, 0.2) is 53.7 Å². The van der Waals surface area contributed by atoms with Gasteiger partial charge in [-0.15, -0.1) is 10.2 Å². The Balaban J connectivity index is 1.44. The number of ether oxygens (including phenoxy) is 1. The van der Waals surface area contributed by atoms with E-state index in [0.717, 1.165) is 46.4 Å². The van der Waals surface area contributed by atoms with Crippen LogP contribution in [0.2, 0.25) is 0 Å². The number of benzene rings is 2. The van der Waals surface area contributed by atoms with E-state index in [2.05, 4.69) is 46.1 Å². The van der Waals surface area contributed by atoms with E-state index in [1.165, 1.54) is 11.8 Å². The van der Waals surface area contributed by atoms with E-state index in [-0.39, 0.29) is 11.9 Å². The van der Waals surface area contributed by atoms with E-state index in [1.54, 1.807) is 0 Å². The first-order chi connectivity index (χ1) is 14.2. The van der Waals surface area contributed by atoms with E-state index in [1.807, 2.05) is 36.4 Å². The molecule has 1 aliphatic rings. The molecule has 1 amide bonds. The molecular weight excluding hydrogens is 384 g/mol. The standard InChI is InChI=1S/C22H24N4O2S/c1-3-26-21(16-9-5-4-8-15(16)2)24-25-22(26)29-14-20(27)23-18-12-13-28-19-11-7-6-10-17(18)19/h4-11,18H,3,12-14H2,1-2H3,(H,23,27)/t18-/m0/s1. The van der Waals surface area contributed by atoms with Gasteiger partial charge in [-0.2, -0.15) is 0 Å². The van der Waals surface area contributed by atoms with E-state index >= 15 is 0 Å². The number of aromatic nitrogens is 3. The number of carbonyl (C=O) groups is 1. The molecule has 1 atom stereocenters. The van der Waals surface area contributed by atoms with Crippen molar-refractivity contribution in [1.82, 2.24) is 20.1 Å². The summed E-state index contributed by atoms with van der Waals surface area (Å²) in [4.78, 5) is 12.6. The first kappa shape index (κ1) is 19.5. The van der Waals surface area contributed by atoms with Crippen LogP contribution in [0.25, 0.3) is 11.4 Å². The van der Waals surface area contributed by atoms with Gasteiger partial charge in [-0.1, -0.05) is 54.2 Å². The summed E-state index contributed by atoms with van der Waals surface area (Å²) < 4.78 is 7.73. The summed E-state index contributed by atoms with van der Waals surface area (Å²) in [6.45, 7) is 5.48. The quantitative estimate of drug-likeness (QED) is 0.624. The van der Waals surface area contributed by atoms with Crippen molar-refractivity contribution in [3.05, 3.63) is 59.7 Å². The summed E-state index contributed by atoms with van der Waals surface area (Å²) in [5.41, 5.74) is 3.26. The van der Waals surface area contributed by atoms with Gasteiger partial charge in [0.05, 0.1) is 18.4 Å². The normalized spacial score (nSPS) is 15.4. The van der Waals surface area contributed by atoms with Crippen LogP contribution in [0.4, 0.5) is 0 Å². The Labute approximate surface area is 174 Å². The van der Waals surface area contributed by atoms with Crippen molar-refractivity contribution in [3.8, 4) is 17.1 Å². The highest BCUT2D eigenvalue weighted by molar-refractivity contribution is 7.99. The molecule has 0 aliphatic carbocycles. The monoisotopic (exact) mass is 408 g/mol. The number of rotatable bonds is 6. The molecule has 7 heteroatoms. The van der Waals surface area contributed by atoms with Gasteiger partial charge in [-0.25, -0.2) is 0 Å². The SMILES string of the molecule is CCn1c(SCC(=O)N[C@H]2CCOc3ccccc32)nnc1-c1ccccc1C. The Morgan fingerprint density at radius 2 is 2.00 bits per heavy atom. The first-order valence-electron chi connectivity index (χ1n) is 9.80. The van der Waals surface area contributed by atoms with Crippen molar-refractivity contribution >= 4 is 17.7 Å². The van der Waals surface area contributed by atoms with Crippen molar-refractivity contribution in [2.24, 2.45) is 0 Å². The highest BCUT2D eigenvalue weighted by Crippen LogP contribution is 2.32. The smallest absolute Gasteiger partial charge is 0.230 e. The van der Waals surface area contributed by atoms with E-state index in [9.17, 15) is 4.79 Å². The second kappa shape index (κ2) is 8.69. The van der Waals surface area contributed by atoms with Gasteiger partial charge >= 0.3 is 0 Å². The molecule has 2 heterocycles. The van der Waals surface area contributed by atoms with E-state index < -0.39 is 0 Å². The molecule has 0 fully saturated rings. The number of para-hydroxylation sites is 1. The van der Waals surface area contributed by atoms with Crippen LogP contribution in [-0.4, -0.2) is 33.0 Å². The zero-order valence-electron chi connectivity index (χ0n) is 16.6. The molecule has 0 radical (unpaired) electrons. The fourth-order valence-corrected chi connectivity index (χ4v) is 4.38. The van der Waals surface area contributed by atoms with Crippen molar-refractivity contribution in [1.29, 1.82) is 0 Å². The van der Waals surface area contributed by atoms with Crippen LogP contribution < -0.4 is 10.1 Å². The number of aryl methyl sites for hydroxylation is 1. The zero-order chi connectivity index (χ0) is 20.2. The maximum Gasteiger partial charge on any atom is 0.230 e. The van der Waals surface area contributed by atoms with Gasteiger partial charge in [0.1, 0.15) is 5.75 Å². The fraction of sp³-hybridized carbons (Fsp3) is 0.318. The number of amides is 1. The van der Waals surface area contributed by atoms with E-state index in [4.69, 9.17) is 4.74 Å². The molecule has 29 heavy (non-hydrogen) atoms. The summed E-state index contributed by atoms with van der Waals surface area (Å²) in [6.07, 6.45) is 0.774. The zero-order valence-corrected chi connectivity index (χ0v) is 17.4. The third-order valence-electron chi connectivity index (χ3n) is 5.05. The minimum Gasteiger partial charge on any atom is -0.493 e. The molecule has 0 unspecified atom stereocenters. The van der Waals surface area contributed by atoms with Crippen LogP contribution in [0.3, 0.4) is 0 Å². The van der Waals surface area contributed by atoms with Crippen molar-refractivity contribution in [3.63, 3.8) is 0 Å². The molecule has 0 saturated carbocycles. The molecule has 1 N–H and O–H groups in total. The topological polar surface area (TPSA) is 69.0 Å². The first-order valence-corrected chi connectivity index (χ1v) is 10.8. The molecule has 150 valence electrons. The molecular formula is C22H24N4O2S. The molecule has 4 rings (SSSR count). The minimum absolute atomic E-state index is 0.0141. The molecule has 2 aromatic carbocycles. The summed E-state index contributed by atoms with van der Waals surface area (Å²) >= 11 is 1.42. The lowest BCUT2D eigenvalue weighted by Crippen LogP contribution is -2.33. The van der Waals surface area contributed by atoms with Gasteiger partial charge in [0.2, 0.25) is 5.91 Å². The number of nitrogens with zero attached hydrogens (tertiary/aromatic N) is 3. The summed E-state index contributed by atoms with van der Waals surface area (Å²) in [5.74, 6) is 1.97. The summed E-state index contributed by atoms with van der Waals surface area (Å²) in [5, 5.41) is 12.6. The number of fused-ring (bicyclic) bond motifs is 1. The van der Waals surface area contributed by atoms with Gasteiger partial charge in [0, 0.05) is 24.1 Å². The second-order valence-corrected chi connectivity index (χ2v) is 7.89. The summed E-state index contributed by atoms with van der Waals surface area (Å²) in [7, 11) is 0. The number of hydrogen-bond acceptors (Lipinski definition) is 5. The Morgan fingerprint density at radius 3 is 2.83 bits per heavy atom. The average molecular weight is 409 g/mol. The van der Waals surface area contributed by atoms with Gasteiger partial charge in [0.25, 0.3) is 0 Å². The van der Waals surface area contributed by atoms with Crippen LogP contribution in [0, 0.1) is 6.92 Å². The highest BCUT2D eigenvalue weighted by Gasteiger charge is 2.23.